The number of carbonyl (C=O) groups is 1. The lowest BCUT2D eigenvalue weighted by atomic mass is 10.1. The zero-order chi connectivity index (χ0) is 15.1. The molecular weight excluding hydrogens is 282 g/mol. The number of aromatic nitrogens is 2. The van der Waals surface area contributed by atoms with Crippen LogP contribution >= 0.6 is 0 Å². The Morgan fingerprint density at radius 1 is 1.36 bits per heavy atom. The Bertz CT molecular complexity index is 725. The molecule has 0 saturated carbocycles. The van der Waals surface area contributed by atoms with Crippen molar-refractivity contribution in [2.24, 2.45) is 0 Å². The standard InChI is InChI=1S/C16H17N3O3/c1-10-8-17-15(18-10)12-3-2-6-19(12)16(20)11-4-5-13-14(7-11)22-9-21-13/h4-5,7-8,12H,2-3,6,9H2,1H3,(H,17,18)/t12-/m1/s1. The smallest absolute Gasteiger partial charge is 0.254 e. The number of rotatable bonds is 2. The van der Waals surface area contributed by atoms with Gasteiger partial charge in [0.1, 0.15) is 5.82 Å². The Hall–Kier alpha value is -2.50. The number of aryl methyl sites for hydroxylation is 1. The van der Waals surface area contributed by atoms with E-state index in [1.54, 1.807) is 24.4 Å². The van der Waals surface area contributed by atoms with Crippen LogP contribution in [0.15, 0.2) is 24.4 Å². The molecule has 0 bridgehead atoms. The van der Waals surface area contributed by atoms with Crippen molar-refractivity contribution in [1.82, 2.24) is 14.9 Å². The number of aromatic amines is 1. The van der Waals surface area contributed by atoms with E-state index in [2.05, 4.69) is 9.97 Å². The van der Waals surface area contributed by atoms with Gasteiger partial charge in [0.2, 0.25) is 6.79 Å². The zero-order valence-electron chi connectivity index (χ0n) is 12.3. The molecular formula is C16H17N3O3. The van der Waals surface area contributed by atoms with Crippen LogP contribution in [0.3, 0.4) is 0 Å². The molecule has 1 N–H and O–H groups in total. The molecule has 22 heavy (non-hydrogen) atoms. The third-order valence-electron chi connectivity index (χ3n) is 4.17. The van der Waals surface area contributed by atoms with Crippen molar-refractivity contribution >= 4 is 5.91 Å². The second kappa shape index (κ2) is 5.05. The van der Waals surface area contributed by atoms with Gasteiger partial charge in [-0.15, -0.1) is 0 Å². The van der Waals surface area contributed by atoms with E-state index >= 15 is 0 Å². The van der Waals surface area contributed by atoms with Crippen molar-refractivity contribution in [3.63, 3.8) is 0 Å². The second-order valence-electron chi connectivity index (χ2n) is 5.68. The molecule has 0 unspecified atom stereocenters. The number of likely N-dealkylation sites (tertiary alicyclic amines) is 1. The first-order valence-corrected chi connectivity index (χ1v) is 7.44. The summed E-state index contributed by atoms with van der Waals surface area (Å²) in [5, 5.41) is 0. The zero-order valence-corrected chi connectivity index (χ0v) is 12.3. The molecule has 6 nitrogen and oxygen atoms in total. The van der Waals surface area contributed by atoms with Gasteiger partial charge in [0.15, 0.2) is 11.5 Å². The van der Waals surface area contributed by atoms with E-state index in [0.29, 0.717) is 17.1 Å². The van der Waals surface area contributed by atoms with Crippen LogP contribution in [0.25, 0.3) is 0 Å². The van der Waals surface area contributed by atoms with Gasteiger partial charge in [0.05, 0.1) is 6.04 Å². The minimum atomic E-state index is 0.00912. The summed E-state index contributed by atoms with van der Waals surface area (Å²) < 4.78 is 10.6. The van der Waals surface area contributed by atoms with Crippen LogP contribution in [0, 0.1) is 6.92 Å². The van der Waals surface area contributed by atoms with Gasteiger partial charge in [-0.1, -0.05) is 0 Å². The van der Waals surface area contributed by atoms with Crippen molar-refractivity contribution < 1.29 is 14.3 Å². The lowest BCUT2D eigenvalue weighted by Gasteiger charge is -2.23. The molecule has 1 aromatic carbocycles. The van der Waals surface area contributed by atoms with E-state index in [1.807, 2.05) is 11.8 Å². The van der Waals surface area contributed by atoms with E-state index in [4.69, 9.17) is 9.47 Å². The Kier molecular flexibility index (Phi) is 3.03. The molecule has 1 atom stereocenters. The SMILES string of the molecule is Cc1cnc([C@H]2CCCN2C(=O)c2ccc3c(c2)OCO3)[nH]1. The molecule has 0 radical (unpaired) electrons. The van der Waals surface area contributed by atoms with Crippen LogP contribution in [0.1, 0.15) is 40.8 Å². The number of nitrogens with zero attached hydrogens (tertiary/aromatic N) is 2. The summed E-state index contributed by atoms with van der Waals surface area (Å²) in [6.45, 7) is 2.93. The number of imidazole rings is 1. The first kappa shape index (κ1) is 13.2. The number of nitrogens with one attached hydrogen (secondary N) is 1. The van der Waals surface area contributed by atoms with E-state index in [0.717, 1.165) is 30.9 Å². The second-order valence-corrected chi connectivity index (χ2v) is 5.68. The molecule has 2 aliphatic rings. The van der Waals surface area contributed by atoms with Crippen LogP contribution in [-0.4, -0.2) is 34.1 Å². The van der Waals surface area contributed by atoms with E-state index in [9.17, 15) is 4.79 Å². The number of hydrogen-bond donors (Lipinski definition) is 1. The number of H-pyrrole nitrogens is 1. The number of fused-ring (bicyclic) bond motifs is 1. The van der Waals surface area contributed by atoms with Crippen molar-refractivity contribution in [2.75, 3.05) is 13.3 Å². The number of benzene rings is 1. The molecule has 1 fully saturated rings. The highest BCUT2D eigenvalue weighted by atomic mass is 16.7. The summed E-state index contributed by atoms with van der Waals surface area (Å²) in [7, 11) is 0. The Morgan fingerprint density at radius 3 is 3.05 bits per heavy atom. The molecule has 2 aliphatic heterocycles. The molecule has 0 aliphatic carbocycles. The fourth-order valence-electron chi connectivity index (χ4n) is 3.09. The van der Waals surface area contributed by atoms with Crippen LogP contribution in [-0.2, 0) is 0 Å². The molecule has 114 valence electrons. The predicted molar refractivity (Wildman–Crippen MR) is 78.9 cm³/mol. The van der Waals surface area contributed by atoms with Gasteiger partial charge in [0.25, 0.3) is 5.91 Å². The molecule has 4 rings (SSSR count). The summed E-state index contributed by atoms with van der Waals surface area (Å²) in [6, 6.07) is 5.36. The van der Waals surface area contributed by atoms with Crippen molar-refractivity contribution in [3.8, 4) is 11.5 Å². The molecule has 2 aromatic rings. The van der Waals surface area contributed by atoms with Gasteiger partial charge in [0, 0.05) is 24.0 Å². The van der Waals surface area contributed by atoms with E-state index in [1.165, 1.54) is 0 Å². The van der Waals surface area contributed by atoms with Crippen LogP contribution in [0.2, 0.25) is 0 Å². The van der Waals surface area contributed by atoms with Crippen LogP contribution < -0.4 is 9.47 Å². The van der Waals surface area contributed by atoms with Crippen molar-refractivity contribution in [1.29, 1.82) is 0 Å². The van der Waals surface area contributed by atoms with Gasteiger partial charge < -0.3 is 19.4 Å². The Morgan fingerprint density at radius 2 is 2.23 bits per heavy atom. The largest absolute Gasteiger partial charge is 0.454 e. The summed E-state index contributed by atoms with van der Waals surface area (Å²) in [5.41, 5.74) is 1.64. The summed E-state index contributed by atoms with van der Waals surface area (Å²) >= 11 is 0. The first-order chi connectivity index (χ1) is 10.7. The summed E-state index contributed by atoms with van der Waals surface area (Å²) in [6.07, 6.45) is 3.72. The quantitative estimate of drug-likeness (QED) is 0.924. The molecule has 0 spiro atoms. The molecule has 3 heterocycles. The van der Waals surface area contributed by atoms with Crippen LogP contribution in [0.5, 0.6) is 11.5 Å². The highest BCUT2D eigenvalue weighted by Crippen LogP contribution is 2.35. The van der Waals surface area contributed by atoms with Crippen molar-refractivity contribution in [2.45, 2.75) is 25.8 Å². The predicted octanol–water partition coefficient (Wildman–Crippen LogP) is 2.42. The number of amides is 1. The number of ether oxygens (including phenoxy) is 2. The number of carbonyl (C=O) groups excluding carboxylic acids is 1. The van der Waals surface area contributed by atoms with Crippen LogP contribution in [0.4, 0.5) is 0 Å². The van der Waals surface area contributed by atoms with Gasteiger partial charge in [-0.05, 0) is 38.0 Å². The van der Waals surface area contributed by atoms with Crippen molar-refractivity contribution in [3.05, 3.63) is 41.5 Å². The van der Waals surface area contributed by atoms with E-state index in [-0.39, 0.29) is 18.7 Å². The maximum atomic E-state index is 12.8. The first-order valence-electron chi connectivity index (χ1n) is 7.44. The molecule has 1 amide bonds. The lowest BCUT2D eigenvalue weighted by Crippen LogP contribution is -2.31. The normalized spacial score (nSPS) is 19.7. The van der Waals surface area contributed by atoms with Gasteiger partial charge in [-0.2, -0.15) is 0 Å². The summed E-state index contributed by atoms with van der Waals surface area (Å²) in [5.74, 6) is 2.20. The summed E-state index contributed by atoms with van der Waals surface area (Å²) in [4.78, 5) is 22.3. The Labute approximate surface area is 128 Å². The minimum Gasteiger partial charge on any atom is -0.454 e. The van der Waals surface area contributed by atoms with Gasteiger partial charge in [-0.25, -0.2) is 4.98 Å². The molecule has 6 heteroatoms. The highest BCUT2D eigenvalue weighted by Gasteiger charge is 2.33. The molecule has 1 aromatic heterocycles. The third kappa shape index (κ3) is 2.11. The lowest BCUT2D eigenvalue weighted by molar-refractivity contribution is 0.0730. The third-order valence-corrected chi connectivity index (χ3v) is 4.17. The number of hydrogen-bond acceptors (Lipinski definition) is 4. The highest BCUT2D eigenvalue weighted by molar-refractivity contribution is 5.95. The monoisotopic (exact) mass is 299 g/mol. The maximum Gasteiger partial charge on any atom is 0.254 e. The van der Waals surface area contributed by atoms with E-state index < -0.39 is 0 Å². The van der Waals surface area contributed by atoms with Gasteiger partial charge in [-0.3, -0.25) is 4.79 Å². The fourth-order valence-corrected chi connectivity index (χ4v) is 3.09. The average Bonchev–Trinajstić information content (AvgIpc) is 3.25. The maximum absolute atomic E-state index is 12.8. The Balaban J connectivity index is 1.61. The van der Waals surface area contributed by atoms with Gasteiger partial charge >= 0.3 is 0 Å². The fraction of sp³-hybridized carbons (Fsp3) is 0.375. The minimum absolute atomic E-state index is 0.00912. The topological polar surface area (TPSA) is 67.5 Å². The molecule has 1 saturated heterocycles. The average molecular weight is 299 g/mol.